The number of rotatable bonds is 2. The summed E-state index contributed by atoms with van der Waals surface area (Å²) in [4.78, 5) is 24.6. The van der Waals surface area contributed by atoms with Gasteiger partial charge in [0, 0.05) is 28.1 Å². The van der Waals surface area contributed by atoms with Crippen molar-refractivity contribution in [1.82, 2.24) is 10.2 Å². The van der Waals surface area contributed by atoms with Crippen molar-refractivity contribution in [3.05, 3.63) is 55.9 Å². The van der Waals surface area contributed by atoms with Crippen LogP contribution in [0.5, 0.6) is 0 Å². The molecule has 1 heterocycles. The highest BCUT2D eigenvalue weighted by molar-refractivity contribution is 9.10. The van der Waals surface area contributed by atoms with Gasteiger partial charge >= 0.3 is 5.97 Å². The van der Waals surface area contributed by atoms with Gasteiger partial charge < -0.3 is 14.9 Å². The van der Waals surface area contributed by atoms with Crippen LogP contribution in [0.25, 0.3) is 0 Å². The topological polar surface area (TPSA) is 95.2 Å². The molecule has 0 saturated carbocycles. The largest absolute Gasteiger partial charge is 0.469 e. The number of halogens is 1. The molecule has 122 valence electrons. The summed E-state index contributed by atoms with van der Waals surface area (Å²) < 4.78 is 5.74. The number of carbonyl (C=O) groups is 1. The molecule has 3 N–H and O–H groups in total. The molecule has 1 aromatic carbocycles. The average molecular weight is 381 g/mol. The van der Waals surface area contributed by atoms with Crippen LogP contribution in [0, 0.1) is 5.92 Å². The van der Waals surface area contributed by atoms with Crippen LogP contribution in [0.3, 0.4) is 0 Å². The molecule has 1 aromatic heterocycles. The van der Waals surface area contributed by atoms with E-state index in [9.17, 15) is 14.7 Å². The molecule has 0 spiro atoms. The number of ether oxygens (including phenoxy) is 1. The predicted molar refractivity (Wildman–Crippen MR) is 87.2 cm³/mol. The van der Waals surface area contributed by atoms with E-state index in [1.165, 1.54) is 7.11 Å². The van der Waals surface area contributed by atoms with Crippen LogP contribution >= 0.6 is 15.9 Å². The van der Waals surface area contributed by atoms with Gasteiger partial charge in [0.15, 0.2) is 0 Å². The minimum atomic E-state index is -1.34. The fourth-order valence-electron chi connectivity index (χ4n) is 3.44. The second kappa shape index (κ2) is 5.65. The van der Waals surface area contributed by atoms with E-state index in [0.29, 0.717) is 11.3 Å². The Balaban J connectivity index is 2.26. The third kappa shape index (κ3) is 2.64. The molecule has 1 aliphatic carbocycles. The normalized spacial score (nSPS) is 26.6. The zero-order valence-electron chi connectivity index (χ0n) is 12.7. The van der Waals surface area contributed by atoms with Gasteiger partial charge in [-0.15, -0.1) is 0 Å². The van der Waals surface area contributed by atoms with Crippen LogP contribution in [0.1, 0.15) is 29.7 Å². The number of H-pyrrole nitrogens is 2. The first-order chi connectivity index (χ1) is 10.8. The summed E-state index contributed by atoms with van der Waals surface area (Å²) in [5.41, 5.74) is 0.240. The van der Waals surface area contributed by atoms with Crippen molar-refractivity contribution in [3.8, 4) is 0 Å². The number of aromatic nitrogens is 2. The number of nitrogens with one attached hydrogen (secondary N) is 2. The van der Waals surface area contributed by atoms with Crippen molar-refractivity contribution in [2.75, 3.05) is 7.11 Å². The van der Waals surface area contributed by atoms with Crippen molar-refractivity contribution >= 4 is 21.9 Å². The molecule has 0 fully saturated rings. The lowest BCUT2D eigenvalue weighted by molar-refractivity contribution is -0.156. The zero-order valence-corrected chi connectivity index (χ0v) is 14.3. The number of carbonyl (C=O) groups excluding carboxylic acids is 1. The Morgan fingerprint density at radius 2 is 2.17 bits per heavy atom. The molecule has 0 bridgehead atoms. The van der Waals surface area contributed by atoms with Crippen molar-refractivity contribution in [3.63, 3.8) is 0 Å². The lowest BCUT2D eigenvalue weighted by Crippen LogP contribution is -2.49. The maximum atomic E-state index is 12.4. The molecule has 3 atom stereocenters. The summed E-state index contributed by atoms with van der Waals surface area (Å²) >= 11 is 3.41. The van der Waals surface area contributed by atoms with Crippen molar-refractivity contribution in [2.45, 2.75) is 24.9 Å². The Hall–Kier alpha value is -1.86. The minimum absolute atomic E-state index is 0.172. The molecule has 3 unspecified atom stereocenters. The van der Waals surface area contributed by atoms with E-state index < -0.39 is 23.4 Å². The lowest BCUT2D eigenvalue weighted by atomic mass is 9.66. The van der Waals surface area contributed by atoms with E-state index in [1.54, 1.807) is 6.92 Å². The van der Waals surface area contributed by atoms with Crippen molar-refractivity contribution in [2.24, 2.45) is 5.92 Å². The maximum absolute atomic E-state index is 12.4. The molecule has 0 radical (unpaired) electrons. The summed E-state index contributed by atoms with van der Waals surface area (Å²) in [6.07, 6.45) is 0.172. The number of aliphatic hydroxyl groups is 1. The van der Waals surface area contributed by atoms with Gasteiger partial charge in [0.25, 0.3) is 5.56 Å². The summed E-state index contributed by atoms with van der Waals surface area (Å²) in [5, 5.41) is 16.2. The SMILES string of the molecule is COC(=O)C1C(c2cccc(Br)c2)c2c([nH][nH]c2=O)CC1(C)O. The summed E-state index contributed by atoms with van der Waals surface area (Å²) in [7, 11) is 1.28. The van der Waals surface area contributed by atoms with Crippen LogP contribution in [0.15, 0.2) is 33.5 Å². The van der Waals surface area contributed by atoms with Gasteiger partial charge in [0.1, 0.15) is 0 Å². The van der Waals surface area contributed by atoms with Gasteiger partial charge in [-0.3, -0.25) is 14.7 Å². The number of hydrogen-bond acceptors (Lipinski definition) is 4. The second-order valence-corrected chi connectivity index (χ2v) is 6.95. The van der Waals surface area contributed by atoms with E-state index in [0.717, 1.165) is 10.0 Å². The number of aromatic amines is 2. The number of methoxy groups -OCH3 is 1. The molecule has 2 aromatic rings. The molecule has 0 amide bonds. The first-order valence-corrected chi connectivity index (χ1v) is 7.99. The molecule has 0 aliphatic heterocycles. The number of benzene rings is 1. The monoisotopic (exact) mass is 380 g/mol. The predicted octanol–water partition coefficient (Wildman–Crippen LogP) is 1.69. The van der Waals surface area contributed by atoms with E-state index in [-0.39, 0.29) is 12.0 Å². The Morgan fingerprint density at radius 3 is 2.83 bits per heavy atom. The fourth-order valence-corrected chi connectivity index (χ4v) is 3.86. The summed E-state index contributed by atoms with van der Waals surface area (Å²) in [6.45, 7) is 1.59. The average Bonchev–Trinajstić information content (AvgIpc) is 2.84. The Morgan fingerprint density at radius 1 is 1.43 bits per heavy atom. The van der Waals surface area contributed by atoms with Crippen LogP contribution in [0.4, 0.5) is 0 Å². The number of esters is 1. The van der Waals surface area contributed by atoms with Gasteiger partial charge in [0.05, 0.1) is 18.6 Å². The molecular weight excluding hydrogens is 364 g/mol. The summed E-state index contributed by atoms with van der Waals surface area (Å²) in [5.74, 6) is -1.99. The van der Waals surface area contributed by atoms with E-state index in [1.807, 2.05) is 24.3 Å². The Labute approximate surface area is 141 Å². The fraction of sp³-hybridized carbons (Fsp3) is 0.375. The zero-order chi connectivity index (χ0) is 16.8. The third-order valence-corrected chi connectivity index (χ3v) is 4.90. The highest BCUT2D eigenvalue weighted by Crippen LogP contribution is 2.44. The molecule has 7 heteroatoms. The molecule has 6 nitrogen and oxygen atoms in total. The van der Waals surface area contributed by atoms with Gasteiger partial charge in [-0.05, 0) is 24.6 Å². The van der Waals surface area contributed by atoms with Crippen molar-refractivity contribution in [1.29, 1.82) is 0 Å². The third-order valence-electron chi connectivity index (χ3n) is 4.41. The molecule has 23 heavy (non-hydrogen) atoms. The number of hydrogen-bond donors (Lipinski definition) is 3. The Bertz CT molecular complexity index is 808. The van der Waals surface area contributed by atoms with E-state index in [2.05, 4.69) is 26.1 Å². The lowest BCUT2D eigenvalue weighted by Gasteiger charge is -2.40. The Kier molecular flexibility index (Phi) is 3.93. The molecule has 0 saturated heterocycles. The smallest absolute Gasteiger partial charge is 0.312 e. The number of fused-ring (bicyclic) bond motifs is 1. The summed E-state index contributed by atoms with van der Waals surface area (Å²) in [6, 6.07) is 7.37. The van der Waals surface area contributed by atoms with Crippen LogP contribution < -0.4 is 5.56 Å². The second-order valence-electron chi connectivity index (χ2n) is 6.04. The van der Waals surface area contributed by atoms with E-state index >= 15 is 0 Å². The highest BCUT2D eigenvalue weighted by Gasteiger charge is 2.51. The van der Waals surface area contributed by atoms with Crippen molar-refractivity contribution < 1.29 is 14.6 Å². The van der Waals surface area contributed by atoms with E-state index in [4.69, 9.17) is 4.74 Å². The highest BCUT2D eigenvalue weighted by atomic mass is 79.9. The van der Waals surface area contributed by atoms with Gasteiger partial charge in [-0.25, -0.2) is 0 Å². The first kappa shape index (κ1) is 16.0. The quantitative estimate of drug-likeness (QED) is 0.690. The first-order valence-electron chi connectivity index (χ1n) is 7.20. The van der Waals surface area contributed by atoms with Gasteiger partial charge in [-0.2, -0.15) is 0 Å². The maximum Gasteiger partial charge on any atom is 0.312 e. The molecular formula is C16H17BrN2O4. The molecule has 1 aliphatic rings. The van der Waals surface area contributed by atoms with Gasteiger partial charge in [0.2, 0.25) is 0 Å². The van der Waals surface area contributed by atoms with Crippen LogP contribution in [0.2, 0.25) is 0 Å². The van der Waals surface area contributed by atoms with Crippen LogP contribution in [-0.4, -0.2) is 34.0 Å². The molecule has 3 rings (SSSR count). The minimum Gasteiger partial charge on any atom is -0.469 e. The van der Waals surface area contributed by atoms with Crippen LogP contribution in [-0.2, 0) is 16.0 Å². The standard InChI is InChI=1S/C16H17BrN2O4/c1-16(22)7-10-12(14(20)19-18-10)11(13(16)15(21)23-2)8-4-3-5-9(17)6-8/h3-6,11,13,22H,7H2,1-2H3,(H2,18,19,20). The van der Waals surface area contributed by atoms with Gasteiger partial charge in [-0.1, -0.05) is 28.1 Å².